The van der Waals surface area contributed by atoms with E-state index in [4.69, 9.17) is 0 Å². The Morgan fingerprint density at radius 1 is 1.20 bits per heavy atom. The Morgan fingerprint density at radius 2 is 1.75 bits per heavy atom. The highest BCUT2D eigenvalue weighted by Crippen LogP contribution is 2.43. The van der Waals surface area contributed by atoms with Crippen LogP contribution in [0.4, 0.5) is 0 Å². The third-order valence-electron chi connectivity index (χ3n) is 4.55. The van der Waals surface area contributed by atoms with Gasteiger partial charge in [0.1, 0.15) is 17.8 Å². The molecule has 0 bridgehead atoms. The lowest BCUT2D eigenvalue weighted by molar-refractivity contribution is -0.270. The Balaban J connectivity index is 2.89. The van der Waals surface area contributed by atoms with Gasteiger partial charge in [0.25, 0.3) is 0 Å². The predicted octanol–water partition coefficient (Wildman–Crippen LogP) is 0.482. The zero-order chi connectivity index (χ0) is 15.8. The van der Waals surface area contributed by atoms with Gasteiger partial charge in [-0.25, -0.2) is 0 Å². The van der Waals surface area contributed by atoms with Crippen molar-refractivity contribution in [3.63, 3.8) is 0 Å². The fourth-order valence-corrected chi connectivity index (χ4v) is 2.79. The van der Waals surface area contributed by atoms with Gasteiger partial charge in [-0.3, -0.25) is 0 Å². The van der Waals surface area contributed by atoms with Gasteiger partial charge in [0.05, 0.1) is 11.2 Å². The largest absolute Gasteiger partial charge is 0.387 e. The first kappa shape index (κ1) is 17.6. The third-order valence-corrected chi connectivity index (χ3v) is 4.55. The van der Waals surface area contributed by atoms with E-state index in [9.17, 15) is 25.5 Å². The molecule has 1 aliphatic carbocycles. The van der Waals surface area contributed by atoms with E-state index in [1.807, 2.05) is 19.9 Å². The van der Waals surface area contributed by atoms with E-state index in [1.165, 1.54) is 13.8 Å². The fraction of sp³-hybridized carbons (Fsp3) is 0.867. The van der Waals surface area contributed by atoms with Crippen molar-refractivity contribution in [1.29, 1.82) is 0 Å². The maximum absolute atomic E-state index is 10.6. The minimum Gasteiger partial charge on any atom is -0.387 e. The van der Waals surface area contributed by atoms with Gasteiger partial charge in [-0.1, -0.05) is 11.6 Å². The smallest absolute Gasteiger partial charge is 0.121 e. The SMILES string of the molecule is CC(C)=CCC[C@@](C)(O)[C@@]1(O)CC[C@@](C)(O)[C@H](O)[C@H]1O. The minimum atomic E-state index is -1.83. The molecule has 118 valence electrons. The van der Waals surface area contributed by atoms with Crippen LogP contribution in [0, 0.1) is 0 Å². The highest BCUT2D eigenvalue weighted by atomic mass is 16.4. The molecule has 0 aromatic carbocycles. The summed E-state index contributed by atoms with van der Waals surface area (Å²) in [5, 5.41) is 51.2. The number of rotatable bonds is 4. The predicted molar refractivity (Wildman–Crippen MR) is 76.1 cm³/mol. The molecule has 1 rings (SSSR count). The van der Waals surface area contributed by atoms with Crippen molar-refractivity contribution >= 4 is 0 Å². The van der Waals surface area contributed by atoms with Gasteiger partial charge in [-0.15, -0.1) is 0 Å². The maximum Gasteiger partial charge on any atom is 0.121 e. The van der Waals surface area contributed by atoms with Crippen molar-refractivity contribution in [2.75, 3.05) is 0 Å². The van der Waals surface area contributed by atoms with E-state index >= 15 is 0 Å². The number of hydrogen-bond acceptors (Lipinski definition) is 5. The lowest BCUT2D eigenvalue weighted by Crippen LogP contribution is -2.69. The normalized spacial score (nSPS) is 41.0. The summed E-state index contributed by atoms with van der Waals surface area (Å²) in [4.78, 5) is 0. The Bertz CT molecular complexity index is 370. The van der Waals surface area contributed by atoms with Gasteiger partial charge >= 0.3 is 0 Å². The summed E-state index contributed by atoms with van der Waals surface area (Å²) in [6, 6.07) is 0. The fourth-order valence-electron chi connectivity index (χ4n) is 2.79. The van der Waals surface area contributed by atoms with Crippen molar-refractivity contribution in [1.82, 2.24) is 0 Å². The van der Waals surface area contributed by atoms with Gasteiger partial charge < -0.3 is 25.5 Å². The lowest BCUT2D eigenvalue weighted by Gasteiger charge is -2.52. The minimum absolute atomic E-state index is 0.0278. The van der Waals surface area contributed by atoms with Crippen LogP contribution in [0.3, 0.4) is 0 Å². The van der Waals surface area contributed by atoms with E-state index in [2.05, 4.69) is 0 Å². The molecule has 5 heteroatoms. The molecule has 0 aromatic rings. The van der Waals surface area contributed by atoms with E-state index in [1.54, 1.807) is 0 Å². The first-order valence-electron chi connectivity index (χ1n) is 7.11. The van der Waals surface area contributed by atoms with Gasteiger partial charge in [0.2, 0.25) is 0 Å². The average Bonchev–Trinajstić information content (AvgIpc) is 2.31. The molecule has 5 atom stereocenters. The van der Waals surface area contributed by atoms with Crippen molar-refractivity contribution in [2.24, 2.45) is 0 Å². The quantitative estimate of drug-likeness (QED) is 0.484. The molecule has 5 N–H and O–H groups in total. The molecule has 1 aliphatic rings. The number of allylic oxidation sites excluding steroid dienone is 2. The second-order valence-electron chi connectivity index (χ2n) is 6.77. The molecule has 1 fully saturated rings. The molecule has 0 aliphatic heterocycles. The van der Waals surface area contributed by atoms with Crippen LogP contribution in [-0.4, -0.2) is 54.5 Å². The van der Waals surface area contributed by atoms with Gasteiger partial charge in [-0.05, 0) is 53.4 Å². The van der Waals surface area contributed by atoms with Crippen molar-refractivity contribution in [3.05, 3.63) is 11.6 Å². The standard InChI is InChI=1S/C15H28O5/c1-10(2)6-5-7-14(4,19)15(20)9-8-13(3,18)11(16)12(15)17/h6,11-12,16-20H,5,7-9H2,1-4H3/t11-,12-,13-,14-,15-/m1/s1. The molecular weight excluding hydrogens is 260 g/mol. The molecule has 0 radical (unpaired) electrons. The Kier molecular flexibility index (Phi) is 5.04. The Morgan fingerprint density at radius 3 is 2.25 bits per heavy atom. The molecular formula is C15H28O5. The Hall–Kier alpha value is -0.460. The summed E-state index contributed by atoms with van der Waals surface area (Å²) >= 11 is 0. The summed E-state index contributed by atoms with van der Waals surface area (Å²) in [7, 11) is 0. The van der Waals surface area contributed by atoms with Crippen LogP contribution < -0.4 is 0 Å². The van der Waals surface area contributed by atoms with E-state index in [0.29, 0.717) is 6.42 Å². The summed E-state index contributed by atoms with van der Waals surface area (Å²) in [6.45, 7) is 6.76. The zero-order valence-electron chi connectivity index (χ0n) is 12.8. The van der Waals surface area contributed by atoms with Gasteiger partial charge in [0.15, 0.2) is 0 Å². The monoisotopic (exact) mass is 288 g/mol. The third kappa shape index (κ3) is 3.23. The topological polar surface area (TPSA) is 101 Å². The molecule has 20 heavy (non-hydrogen) atoms. The highest BCUT2D eigenvalue weighted by molar-refractivity contribution is 5.11. The molecule has 5 nitrogen and oxygen atoms in total. The first-order chi connectivity index (χ1) is 8.94. The lowest BCUT2D eigenvalue weighted by atomic mass is 9.65. The van der Waals surface area contributed by atoms with Crippen molar-refractivity contribution in [3.8, 4) is 0 Å². The molecule has 0 spiro atoms. The number of hydrogen-bond donors (Lipinski definition) is 5. The van der Waals surface area contributed by atoms with Crippen LogP contribution in [0.2, 0.25) is 0 Å². The van der Waals surface area contributed by atoms with Crippen LogP contribution in [0.15, 0.2) is 11.6 Å². The second kappa shape index (κ2) is 5.73. The first-order valence-corrected chi connectivity index (χ1v) is 7.11. The molecule has 0 amide bonds. The molecule has 0 unspecified atom stereocenters. The van der Waals surface area contributed by atoms with Crippen LogP contribution in [-0.2, 0) is 0 Å². The number of aliphatic hydroxyl groups is 5. The molecule has 0 heterocycles. The summed E-state index contributed by atoms with van der Waals surface area (Å²) in [5.74, 6) is 0. The van der Waals surface area contributed by atoms with Crippen LogP contribution in [0.1, 0.15) is 53.4 Å². The molecule has 0 aromatic heterocycles. The zero-order valence-corrected chi connectivity index (χ0v) is 12.8. The highest BCUT2D eigenvalue weighted by Gasteiger charge is 2.59. The van der Waals surface area contributed by atoms with Crippen molar-refractivity contribution in [2.45, 2.75) is 82.4 Å². The summed E-state index contributed by atoms with van der Waals surface area (Å²) < 4.78 is 0. The second-order valence-corrected chi connectivity index (χ2v) is 6.77. The van der Waals surface area contributed by atoms with Gasteiger partial charge in [0, 0.05) is 0 Å². The van der Waals surface area contributed by atoms with Crippen LogP contribution in [0.25, 0.3) is 0 Å². The summed E-state index contributed by atoms with van der Waals surface area (Å²) in [6.07, 6.45) is -0.165. The summed E-state index contributed by atoms with van der Waals surface area (Å²) in [5.41, 5.74) is -3.72. The van der Waals surface area contributed by atoms with Crippen LogP contribution >= 0.6 is 0 Å². The van der Waals surface area contributed by atoms with E-state index in [-0.39, 0.29) is 19.3 Å². The number of aliphatic hydroxyl groups excluding tert-OH is 2. The van der Waals surface area contributed by atoms with Crippen LogP contribution in [0.5, 0.6) is 0 Å². The molecule has 1 saturated carbocycles. The maximum atomic E-state index is 10.6. The van der Waals surface area contributed by atoms with E-state index in [0.717, 1.165) is 5.57 Å². The van der Waals surface area contributed by atoms with Crippen molar-refractivity contribution < 1.29 is 25.5 Å². The Labute approximate surface area is 120 Å². The average molecular weight is 288 g/mol. The molecule has 0 saturated heterocycles. The van der Waals surface area contributed by atoms with E-state index < -0.39 is 29.0 Å². The van der Waals surface area contributed by atoms with Gasteiger partial charge in [-0.2, -0.15) is 0 Å².